The summed E-state index contributed by atoms with van der Waals surface area (Å²) in [6.45, 7) is -0.224. The smallest absolute Gasteiger partial charge is 0.325 e. The van der Waals surface area contributed by atoms with Crippen molar-refractivity contribution in [1.29, 1.82) is 0 Å². The van der Waals surface area contributed by atoms with Crippen LogP contribution in [0.5, 0.6) is 0 Å². The Bertz CT molecular complexity index is 817. The van der Waals surface area contributed by atoms with Crippen molar-refractivity contribution in [1.82, 2.24) is 9.78 Å². The number of carbonyl (C=O) groups is 2. The first-order chi connectivity index (χ1) is 11.0. The molecule has 0 spiro atoms. The number of hydrogen-bond acceptors (Lipinski definition) is 3. The van der Waals surface area contributed by atoms with Crippen molar-refractivity contribution in [3.63, 3.8) is 0 Å². The third-order valence-electron chi connectivity index (χ3n) is 4.58. The van der Waals surface area contributed by atoms with E-state index in [-0.39, 0.29) is 24.3 Å². The highest BCUT2D eigenvalue weighted by atomic mass is 35.5. The van der Waals surface area contributed by atoms with Gasteiger partial charge in [0.05, 0.1) is 0 Å². The molecule has 1 aromatic heterocycles. The second-order valence-corrected chi connectivity index (χ2v) is 6.48. The maximum atomic E-state index is 12.4. The first kappa shape index (κ1) is 14.3. The van der Waals surface area contributed by atoms with Crippen molar-refractivity contribution < 1.29 is 14.7 Å². The molecule has 0 bridgehead atoms. The minimum atomic E-state index is -0.974. The van der Waals surface area contributed by atoms with E-state index in [2.05, 4.69) is 10.4 Å². The number of aromatic nitrogens is 2. The van der Waals surface area contributed by atoms with Crippen LogP contribution in [0, 0.1) is 11.8 Å². The van der Waals surface area contributed by atoms with Gasteiger partial charge in [-0.2, -0.15) is 5.10 Å². The number of fused-ring (bicyclic) bond motifs is 3. The normalized spacial score (nSPS) is 24.0. The molecule has 2 aliphatic rings. The Kier molecular flexibility index (Phi) is 3.16. The van der Waals surface area contributed by atoms with Crippen LogP contribution in [-0.4, -0.2) is 26.8 Å². The summed E-state index contributed by atoms with van der Waals surface area (Å²) in [5.41, 5.74) is 2.46. The van der Waals surface area contributed by atoms with Crippen LogP contribution >= 0.6 is 11.6 Å². The Morgan fingerprint density at radius 3 is 3.00 bits per heavy atom. The summed E-state index contributed by atoms with van der Waals surface area (Å²) in [5, 5.41) is 16.3. The van der Waals surface area contributed by atoms with Crippen LogP contribution in [0.3, 0.4) is 0 Å². The van der Waals surface area contributed by atoms with Gasteiger partial charge >= 0.3 is 5.97 Å². The molecule has 2 aliphatic carbocycles. The summed E-state index contributed by atoms with van der Waals surface area (Å²) in [6, 6.07) is 7.46. The van der Waals surface area contributed by atoms with Gasteiger partial charge in [0.15, 0.2) is 5.82 Å². The molecule has 1 heterocycles. The lowest BCUT2D eigenvalue weighted by Crippen LogP contribution is -2.18. The molecule has 6 nitrogen and oxygen atoms in total. The number of hydrogen-bond donors (Lipinski definition) is 2. The van der Waals surface area contributed by atoms with Gasteiger partial charge in [0.2, 0.25) is 5.91 Å². The molecule has 3 atom stereocenters. The molecule has 118 valence electrons. The molecule has 1 saturated carbocycles. The van der Waals surface area contributed by atoms with Gasteiger partial charge in [-0.3, -0.25) is 14.3 Å². The second-order valence-electron chi connectivity index (χ2n) is 6.04. The SMILES string of the molecule is O=C(O)Cn1ccc(NC(=O)C2C3Cc4cc(Cl)ccc4C32)n1. The molecular formula is C16H14ClN3O3. The van der Waals surface area contributed by atoms with Crippen molar-refractivity contribution in [2.45, 2.75) is 18.9 Å². The van der Waals surface area contributed by atoms with Crippen LogP contribution in [0.1, 0.15) is 17.0 Å². The number of rotatable bonds is 4. The fourth-order valence-electron chi connectivity index (χ4n) is 3.60. The number of benzene rings is 1. The maximum Gasteiger partial charge on any atom is 0.325 e. The number of amides is 1. The second kappa shape index (κ2) is 5.09. The zero-order valence-corrected chi connectivity index (χ0v) is 12.8. The Balaban J connectivity index is 1.43. The minimum Gasteiger partial charge on any atom is -0.480 e. The molecule has 0 saturated heterocycles. The number of carboxylic acid groups (broad SMARTS) is 1. The molecule has 7 heteroatoms. The molecule has 3 unspecified atom stereocenters. The number of nitrogens with zero attached hydrogens (tertiary/aromatic N) is 2. The zero-order chi connectivity index (χ0) is 16.1. The summed E-state index contributed by atoms with van der Waals surface area (Å²) in [4.78, 5) is 23.0. The zero-order valence-electron chi connectivity index (χ0n) is 12.1. The van der Waals surface area contributed by atoms with Gasteiger partial charge in [-0.1, -0.05) is 17.7 Å². The minimum absolute atomic E-state index is 0.0340. The predicted molar refractivity (Wildman–Crippen MR) is 83.4 cm³/mol. The van der Waals surface area contributed by atoms with Crippen molar-refractivity contribution in [2.24, 2.45) is 11.8 Å². The Morgan fingerprint density at radius 1 is 1.39 bits per heavy atom. The number of carbonyl (C=O) groups excluding carboxylic acids is 1. The van der Waals surface area contributed by atoms with Gasteiger partial charge in [-0.05, 0) is 41.5 Å². The quantitative estimate of drug-likeness (QED) is 0.899. The monoisotopic (exact) mass is 331 g/mol. The number of halogens is 1. The highest BCUT2D eigenvalue weighted by Crippen LogP contribution is 2.61. The lowest BCUT2D eigenvalue weighted by molar-refractivity contribution is -0.137. The van der Waals surface area contributed by atoms with Gasteiger partial charge in [-0.25, -0.2) is 0 Å². The van der Waals surface area contributed by atoms with E-state index in [0.29, 0.717) is 11.7 Å². The van der Waals surface area contributed by atoms with E-state index in [9.17, 15) is 9.59 Å². The Morgan fingerprint density at radius 2 is 2.22 bits per heavy atom. The van der Waals surface area contributed by atoms with E-state index in [1.165, 1.54) is 22.0 Å². The van der Waals surface area contributed by atoms with E-state index in [0.717, 1.165) is 11.4 Å². The van der Waals surface area contributed by atoms with E-state index >= 15 is 0 Å². The third-order valence-corrected chi connectivity index (χ3v) is 4.82. The number of aliphatic carboxylic acids is 1. The van der Waals surface area contributed by atoms with E-state index in [1.54, 1.807) is 6.07 Å². The highest BCUT2D eigenvalue weighted by Gasteiger charge is 2.59. The standard InChI is InChI=1S/C16H14ClN3O3/c17-9-1-2-10-8(5-9)6-11-14(10)15(11)16(23)18-12-3-4-20(19-12)7-13(21)22/h1-5,11,14-15H,6-7H2,(H,21,22)(H,18,19,23). The number of nitrogens with one attached hydrogen (secondary N) is 1. The molecular weight excluding hydrogens is 318 g/mol. The highest BCUT2D eigenvalue weighted by molar-refractivity contribution is 6.30. The molecule has 4 rings (SSSR count). The fourth-order valence-corrected chi connectivity index (χ4v) is 3.80. The van der Waals surface area contributed by atoms with Crippen LogP contribution in [0.15, 0.2) is 30.5 Å². The topological polar surface area (TPSA) is 84.2 Å². The summed E-state index contributed by atoms with van der Waals surface area (Å²) in [5.74, 6) is -0.0714. The number of anilines is 1. The van der Waals surface area contributed by atoms with Gasteiger partial charge in [0, 0.05) is 23.2 Å². The maximum absolute atomic E-state index is 12.4. The van der Waals surface area contributed by atoms with Crippen molar-refractivity contribution in [2.75, 3.05) is 5.32 Å². The lowest BCUT2D eigenvalue weighted by Gasteiger charge is -2.08. The number of carboxylic acids is 1. The first-order valence-electron chi connectivity index (χ1n) is 7.37. The molecule has 2 aromatic rings. The van der Waals surface area contributed by atoms with E-state index in [1.807, 2.05) is 18.2 Å². The van der Waals surface area contributed by atoms with Crippen LogP contribution in [0.25, 0.3) is 0 Å². The summed E-state index contributed by atoms with van der Waals surface area (Å²) in [6.07, 6.45) is 2.42. The molecule has 1 aromatic carbocycles. The van der Waals surface area contributed by atoms with Gasteiger partial charge in [0.25, 0.3) is 0 Å². The Hall–Kier alpha value is -2.34. The van der Waals surface area contributed by atoms with E-state index in [4.69, 9.17) is 16.7 Å². The molecule has 0 radical (unpaired) electrons. The average molecular weight is 332 g/mol. The van der Waals surface area contributed by atoms with E-state index < -0.39 is 5.97 Å². The predicted octanol–water partition coefficient (Wildman–Crippen LogP) is 2.15. The van der Waals surface area contributed by atoms with Crippen LogP contribution < -0.4 is 5.32 Å². The third kappa shape index (κ3) is 2.49. The summed E-state index contributed by atoms with van der Waals surface area (Å²) < 4.78 is 1.28. The summed E-state index contributed by atoms with van der Waals surface area (Å²) >= 11 is 6.00. The molecule has 1 amide bonds. The van der Waals surface area contributed by atoms with Crippen LogP contribution in [-0.2, 0) is 22.6 Å². The largest absolute Gasteiger partial charge is 0.480 e. The Labute approximate surface area is 137 Å². The average Bonchev–Trinajstić information content (AvgIpc) is 2.82. The van der Waals surface area contributed by atoms with Crippen LogP contribution in [0.2, 0.25) is 5.02 Å². The van der Waals surface area contributed by atoms with Gasteiger partial charge < -0.3 is 10.4 Å². The van der Waals surface area contributed by atoms with Crippen LogP contribution in [0.4, 0.5) is 5.82 Å². The molecule has 23 heavy (non-hydrogen) atoms. The lowest BCUT2D eigenvalue weighted by atomic mass is 10.0. The molecule has 0 aliphatic heterocycles. The fraction of sp³-hybridized carbons (Fsp3) is 0.312. The van der Waals surface area contributed by atoms with Crippen molar-refractivity contribution >= 4 is 29.3 Å². The molecule has 2 N–H and O–H groups in total. The van der Waals surface area contributed by atoms with Gasteiger partial charge in [-0.15, -0.1) is 0 Å². The van der Waals surface area contributed by atoms with Crippen molar-refractivity contribution in [3.8, 4) is 0 Å². The van der Waals surface area contributed by atoms with Crippen molar-refractivity contribution in [3.05, 3.63) is 46.6 Å². The summed E-state index contributed by atoms with van der Waals surface area (Å²) in [7, 11) is 0. The first-order valence-corrected chi connectivity index (χ1v) is 7.75. The molecule has 1 fully saturated rings. The van der Waals surface area contributed by atoms with Gasteiger partial charge in [0.1, 0.15) is 6.54 Å².